The van der Waals surface area contributed by atoms with Crippen molar-refractivity contribution in [2.24, 2.45) is 5.41 Å². The largest absolute Gasteiger partial charge is 0.475 e. The minimum absolute atomic E-state index is 0.0221. The number of alkyl halides is 3. The lowest BCUT2D eigenvalue weighted by atomic mass is 9.85. The first-order chi connectivity index (χ1) is 35.7. The highest BCUT2D eigenvalue weighted by atomic mass is 32.1. The molecule has 0 spiro atoms. The van der Waals surface area contributed by atoms with Crippen LogP contribution in [0.3, 0.4) is 0 Å². The van der Waals surface area contributed by atoms with E-state index in [9.17, 15) is 37.5 Å². The standard InChI is InChI=1S/C54H65F3N10O7S/c1-33(36-10-12-37(13-11-36)47-35(3)60-32-75-47)61-50(71)44-27-42(68)30-67(44)52(72)48(53(4,5)6)63-46(69)31-65-16-14-64(15-17-65)18-23-74-51-45(66-19-21-73-22-20-66)25-39(28-59-51)43-26-41(29-58-34(43)2)62-49(70)38-8-7-9-40(24-38)54(55,56)57/h7-13,24-26,28-29,32-33,42,44,48,68H,14-23,27,30-31H2,1-6H3,(H,61,71)(H,62,70)(H,63,69)/t33-,42+,44-,48-/m0/s1. The number of β-amino-alcohol motifs (C(OH)–C–C–N with tert-alkyl or cyclic N) is 1. The highest BCUT2D eigenvalue weighted by Gasteiger charge is 2.45. The predicted octanol–water partition coefficient (Wildman–Crippen LogP) is 6.36. The monoisotopic (exact) mass is 1050 g/mol. The van der Waals surface area contributed by atoms with Crippen LogP contribution >= 0.6 is 11.3 Å². The number of ether oxygens (including phenoxy) is 2. The van der Waals surface area contributed by atoms with E-state index in [1.165, 1.54) is 23.2 Å². The average molecular weight is 1060 g/mol. The third-order valence-corrected chi connectivity index (χ3v) is 14.8. The van der Waals surface area contributed by atoms with Gasteiger partial charge in [-0.2, -0.15) is 13.2 Å². The Hall–Kier alpha value is -6.52. The number of nitrogens with one attached hydrogen (secondary N) is 3. The maximum Gasteiger partial charge on any atom is 0.416 e. The molecular formula is C54H65F3N10O7S. The molecule has 3 aliphatic heterocycles. The van der Waals surface area contributed by atoms with Crippen LogP contribution in [-0.4, -0.2) is 155 Å². The van der Waals surface area contributed by atoms with Crippen LogP contribution in [-0.2, 0) is 25.3 Å². The smallest absolute Gasteiger partial charge is 0.416 e. The number of thiazole rings is 1. The van der Waals surface area contributed by atoms with Gasteiger partial charge >= 0.3 is 6.18 Å². The number of anilines is 2. The number of carbonyl (C=O) groups excluding carboxylic acids is 4. The molecular weight excluding hydrogens is 990 g/mol. The van der Waals surface area contributed by atoms with Gasteiger partial charge in [-0.1, -0.05) is 51.1 Å². The summed E-state index contributed by atoms with van der Waals surface area (Å²) in [6, 6.07) is 13.6. The van der Waals surface area contributed by atoms with Crippen LogP contribution < -0.4 is 25.6 Å². The Labute approximate surface area is 438 Å². The van der Waals surface area contributed by atoms with E-state index in [0.717, 1.165) is 39.5 Å². The van der Waals surface area contributed by atoms with Gasteiger partial charge in [0.15, 0.2) is 0 Å². The van der Waals surface area contributed by atoms with Crippen LogP contribution in [0.2, 0.25) is 0 Å². The van der Waals surface area contributed by atoms with Gasteiger partial charge in [-0.25, -0.2) is 9.97 Å². The van der Waals surface area contributed by atoms with Crippen molar-refractivity contribution in [3.63, 3.8) is 0 Å². The van der Waals surface area contributed by atoms with Crippen LogP contribution in [0.25, 0.3) is 21.6 Å². The van der Waals surface area contributed by atoms with Crippen molar-refractivity contribution in [2.45, 2.75) is 78.4 Å². The molecule has 0 unspecified atom stereocenters. The molecule has 2 aromatic carbocycles. The zero-order valence-electron chi connectivity index (χ0n) is 43.1. The average Bonchev–Trinajstić information content (AvgIpc) is 4.01. The van der Waals surface area contributed by atoms with Gasteiger partial charge in [0.05, 0.1) is 65.4 Å². The summed E-state index contributed by atoms with van der Waals surface area (Å²) < 4.78 is 52.0. The van der Waals surface area contributed by atoms with Crippen molar-refractivity contribution < 1.29 is 46.9 Å². The molecule has 3 saturated heterocycles. The molecule has 0 saturated carbocycles. The second-order valence-corrected chi connectivity index (χ2v) is 21.2. The van der Waals surface area contributed by atoms with Gasteiger partial charge in [0.25, 0.3) is 5.91 Å². The topological polar surface area (TPSA) is 195 Å². The van der Waals surface area contributed by atoms with Gasteiger partial charge in [-0.05, 0) is 67.6 Å². The number of aromatic nitrogens is 3. The zero-order chi connectivity index (χ0) is 53.6. The third kappa shape index (κ3) is 13.7. The lowest BCUT2D eigenvalue weighted by Gasteiger charge is -2.37. The number of pyridine rings is 2. The van der Waals surface area contributed by atoms with Gasteiger partial charge in [-0.3, -0.25) is 34.0 Å². The van der Waals surface area contributed by atoms with Crippen molar-refractivity contribution in [1.82, 2.24) is 40.3 Å². The molecule has 4 amide bonds. The molecule has 3 aliphatic rings. The molecule has 3 aromatic heterocycles. The third-order valence-electron chi connectivity index (χ3n) is 13.8. The quantitative estimate of drug-likeness (QED) is 0.0854. The maximum atomic E-state index is 14.3. The Balaban J connectivity index is 0.834. The normalized spacial score (nSPS) is 18.6. The summed E-state index contributed by atoms with van der Waals surface area (Å²) in [4.78, 5) is 77.3. The first-order valence-corrected chi connectivity index (χ1v) is 26.0. The van der Waals surface area contributed by atoms with Crippen molar-refractivity contribution in [3.05, 3.63) is 107 Å². The van der Waals surface area contributed by atoms with E-state index in [-0.39, 0.29) is 42.9 Å². The number of benzene rings is 2. The van der Waals surface area contributed by atoms with Crippen molar-refractivity contribution in [2.75, 3.05) is 88.9 Å². The number of aliphatic hydroxyl groups is 1. The molecule has 17 nitrogen and oxygen atoms in total. The van der Waals surface area contributed by atoms with E-state index < -0.39 is 47.2 Å². The zero-order valence-corrected chi connectivity index (χ0v) is 43.9. The van der Waals surface area contributed by atoms with E-state index in [4.69, 9.17) is 14.5 Å². The minimum atomic E-state index is -4.59. The molecule has 0 bridgehead atoms. The van der Waals surface area contributed by atoms with Crippen molar-refractivity contribution in [1.29, 1.82) is 0 Å². The molecule has 4 atom stereocenters. The maximum absolute atomic E-state index is 14.3. The Morgan fingerprint density at radius 3 is 2.27 bits per heavy atom. The van der Waals surface area contributed by atoms with Crippen molar-refractivity contribution in [3.8, 4) is 27.4 Å². The van der Waals surface area contributed by atoms with Gasteiger partial charge in [0.2, 0.25) is 23.6 Å². The Kier molecular flexibility index (Phi) is 17.2. The summed E-state index contributed by atoms with van der Waals surface area (Å²) in [6.07, 6.45) is -2.28. The van der Waals surface area contributed by atoms with E-state index in [0.29, 0.717) is 94.0 Å². The lowest BCUT2D eigenvalue weighted by molar-refractivity contribution is -0.144. The van der Waals surface area contributed by atoms with Crippen LogP contribution in [0, 0.1) is 19.3 Å². The molecule has 8 rings (SSSR count). The highest BCUT2D eigenvalue weighted by molar-refractivity contribution is 7.13. The summed E-state index contributed by atoms with van der Waals surface area (Å²) in [5, 5.41) is 19.5. The molecule has 21 heteroatoms. The number of hydrogen-bond donors (Lipinski definition) is 4. The van der Waals surface area contributed by atoms with E-state index >= 15 is 0 Å². The number of aliphatic hydroxyl groups excluding tert-OH is 1. The Morgan fingerprint density at radius 2 is 1.59 bits per heavy atom. The summed E-state index contributed by atoms with van der Waals surface area (Å²) >= 11 is 1.57. The van der Waals surface area contributed by atoms with Crippen LogP contribution in [0.15, 0.2) is 78.6 Å². The Bertz CT molecular complexity index is 2830. The first kappa shape index (κ1) is 54.7. The van der Waals surface area contributed by atoms with Crippen LogP contribution in [0.5, 0.6) is 5.88 Å². The number of piperazine rings is 1. The summed E-state index contributed by atoms with van der Waals surface area (Å²) in [7, 11) is 0. The number of hydrogen-bond acceptors (Lipinski definition) is 14. The predicted molar refractivity (Wildman–Crippen MR) is 279 cm³/mol. The molecule has 75 heavy (non-hydrogen) atoms. The number of rotatable bonds is 16. The molecule has 0 aliphatic carbocycles. The molecule has 3 fully saturated rings. The summed E-state index contributed by atoms with van der Waals surface area (Å²) in [5.74, 6) is -1.37. The fourth-order valence-electron chi connectivity index (χ4n) is 9.53. The summed E-state index contributed by atoms with van der Waals surface area (Å²) in [5.41, 5.74) is 6.02. The SMILES string of the molecule is Cc1ncc(NC(=O)c2cccc(C(F)(F)F)c2)cc1-c1cnc(OCCN2CCN(CC(=O)N[C@@H](C(=O)N3C[C@H](O)C[C@H]3C(=O)N[C@@H](C)c3ccc(-c4scnc4C)cc3)C(C)(C)C)CC2)c(N2CCOCC2)c1. The molecule has 4 N–H and O–H groups in total. The van der Waals surface area contributed by atoms with E-state index in [1.807, 2.05) is 82.3 Å². The second-order valence-electron chi connectivity index (χ2n) is 20.4. The number of morpholine rings is 1. The second kappa shape index (κ2) is 23.6. The number of amides is 4. The van der Waals surface area contributed by atoms with E-state index in [1.54, 1.807) is 23.6 Å². The van der Waals surface area contributed by atoms with Crippen molar-refractivity contribution >= 4 is 46.3 Å². The van der Waals surface area contributed by atoms with Gasteiger partial charge < -0.3 is 40.3 Å². The number of aryl methyl sites for hydroxylation is 2. The first-order valence-electron chi connectivity index (χ1n) is 25.2. The highest BCUT2D eigenvalue weighted by Crippen LogP contribution is 2.35. The molecule has 5 aromatic rings. The van der Waals surface area contributed by atoms with Crippen LogP contribution in [0.4, 0.5) is 24.5 Å². The van der Waals surface area contributed by atoms with Crippen LogP contribution in [0.1, 0.15) is 73.0 Å². The fourth-order valence-corrected chi connectivity index (χ4v) is 10.3. The minimum Gasteiger partial charge on any atom is -0.475 e. The molecule has 0 radical (unpaired) electrons. The molecule has 6 heterocycles. The Morgan fingerprint density at radius 1 is 0.867 bits per heavy atom. The van der Waals surface area contributed by atoms with Gasteiger partial charge in [0, 0.05) is 87.4 Å². The molecule has 400 valence electrons. The van der Waals surface area contributed by atoms with Gasteiger partial charge in [0.1, 0.15) is 24.4 Å². The number of likely N-dealkylation sites (tertiary alicyclic amines) is 1. The van der Waals surface area contributed by atoms with E-state index in [2.05, 4.69) is 35.7 Å². The fraction of sp³-hybridized carbons (Fsp3) is 0.463. The number of halogens is 3. The lowest BCUT2D eigenvalue weighted by Crippen LogP contribution is -2.59. The summed E-state index contributed by atoms with van der Waals surface area (Å²) in [6.45, 7) is 17.0. The number of nitrogens with zero attached hydrogens (tertiary/aromatic N) is 7. The number of carbonyl (C=O) groups is 4. The van der Waals surface area contributed by atoms with Gasteiger partial charge in [-0.15, -0.1) is 11.3 Å².